The fraction of sp³-hybridized carbons (Fsp3) is 0.565. The van der Waals surface area contributed by atoms with E-state index in [0.29, 0.717) is 0 Å². The van der Waals surface area contributed by atoms with E-state index in [-0.39, 0.29) is 30.8 Å². The summed E-state index contributed by atoms with van der Waals surface area (Å²) in [4.78, 5) is 44.4. The molecule has 0 bridgehead atoms. The Balaban J connectivity index is 1.57. The number of carbonyl (C=O) groups is 3. The molecule has 1 saturated heterocycles. The first-order chi connectivity index (χ1) is 14.3. The Morgan fingerprint density at radius 3 is 2.63 bits per heavy atom. The summed E-state index contributed by atoms with van der Waals surface area (Å²) < 4.78 is 0. The Hall–Kier alpha value is -2.88. The maximum Gasteiger partial charge on any atom is 0.302 e. The van der Waals surface area contributed by atoms with Gasteiger partial charge in [-0.15, -0.1) is 0 Å². The van der Waals surface area contributed by atoms with E-state index in [1.54, 1.807) is 13.8 Å². The predicted molar refractivity (Wildman–Crippen MR) is 112 cm³/mol. The quantitative estimate of drug-likeness (QED) is 0.596. The fourth-order valence-corrected chi connectivity index (χ4v) is 5.01. The topological polar surface area (TPSA) is 82.9 Å². The van der Waals surface area contributed by atoms with Gasteiger partial charge in [0.15, 0.2) is 0 Å². The van der Waals surface area contributed by atoms with Crippen LogP contribution in [-0.4, -0.2) is 41.4 Å². The van der Waals surface area contributed by atoms with Crippen molar-refractivity contribution in [2.75, 3.05) is 11.9 Å². The molecule has 3 amide bonds. The minimum Gasteiger partial charge on any atom is -0.352 e. The van der Waals surface area contributed by atoms with Crippen molar-refractivity contribution in [1.29, 1.82) is 0 Å². The van der Waals surface area contributed by atoms with Crippen LogP contribution in [0.4, 0.5) is 5.69 Å². The van der Waals surface area contributed by atoms with E-state index >= 15 is 0 Å². The highest BCUT2D eigenvalue weighted by atomic mass is 16.2. The lowest BCUT2D eigenvalue weighted by Gasteiger charge is -2.31. The smallest absolute Gasteiger partial charge is 0.302 e. The van der Waals surface area contributed by atoms with Crippen molar-refractivity contribution in [3.63, 3.8) is 0 Å². The largest absolute Gasteiger partial charge is 0.352 e. The van der Waals surface area contributed by atoms with E-state index in [1.807, 2.05) is 24.3 Å². The SMILES string of the molecule is [C-]#[N+][C@@H]1C[C@@]2(CN1C(=O)C(C)(C)C(=O)NC1CCCCC1)C(=O)Nc1ccccc12. The number of carbonyl (C=O) groups excluding carboxylic acids is 3. The summed E-state index contributed by atoms with van der Waals surface area (Å²) in [5, 5.41) is 5.93. The Kier molecular flexibility index (Phi) is 5.05. The van der Waals surface area contributed by atoms with Crippen molar-refractivity contribution in [3.8, 4) is 0 Å². The molecular formula is C23H28N4O3. The van der Waals surface area contributed by atoms with Crippen LogP contribution >= 0.6 is 0 Å². The average molecular weight is 409 g/mol. The third-order valence-electron chi connectivity index (χ3n) is 6.91. The first-order valence-electron chi connectivity index (χ1n) is 10.7. The van der Waals surface area contributed by atoms with Crippen LogP contribution in [0.1, 0.15) is 57.9 Å². The van der Waals surface area contributed by atoms with Crippen LogP contribution in [-0.2, 0) is 19.8 Å². The highest BCUT2D eigenvalue weighted by Crippen LogP contribution is 2.47. The molecule has 2 heterocycles. The van der Waals surface area contributed by atoms with Crippen molar-refractivity contribution in [1.82, 2.24) is 10.2 Å². The number of rotatable bonds is 3. The molecule has 0 radical (unpaired) electrons. The highest BCUT2D eigenvalue weighted by Gasteiger charge is 2.60. The lowest BCUT2D eigenvalue weighted by molar-refractivity contribution is -0.149. The number of nitrogens with zero attached hydrogens (tertiary/aromatic N) is 2. The number of anilines is 1. The Morgan fingerprint density at radius 2 is 1.93 bits per heavy atom. The molecular weight excluding hydrogens is 380 g/mol. The van der Waals surface area contributed by atoms with Crippen molar-refractivity contribution in [3.05, 3.63) is 41.2 Å². The van der Waals surface area contributed by atoms with E-state index in [0.717, 1.165) is 36.9 Å². The molecule has 2 atom stereocenters. The van der Waals surface area contributed by atoms with Gasteiger partial charge >= 0.3 is 6.17 Å². The van der Waals surface area contributed by atoms with Gasteiger partial charge in [-0.2, -0.15) is 0 Å². The predicted octanol–water partition coefficient (Wildman–Crippen LogP) is 2.83. The van der Waals surface area contributed by atoms with Crippen LogP contribution in [0.25, 0.3) is 4.85 Å². The van der Waals surface area contributed by atoms with Crippen molar-refractivity contribution >= 4 is 23.4 Å². The van der Waals surface area contributed by atoms with Gasteiger partial charge in [0.05, 0.1) is 6.42 Å². The number of benzene rings is 1. The Bertz CT molecular complexity index is 929. The number of nitrogens with one attached hydrogen (secondary N) is 2. The minimum absolute atomic E-state index is 0.104. The number of fused-ring (bicyclic) bond motifs is 2. The second-order valence-electron chi connectivity index (χ2n) is 9.26. The van der Waals surface area contributed by atoms with E-state index in [4.69, 9.17) is 6.57 Å². The van der Waals surface area contributed by atoms with Crippen LogP contribution in [0, 0.1) is 12.0 Å². The van der Waals surface area contributed by atoms with Crippen LogP contribution < -0.4 is 10.6 Å². The molecule has 7 nitrogen and oxygen atoms in total. The summed E-state index contributed by atoms with van der Waals surface area (Å²) >= 11 is 0. The van der Waals surface area contributed by atoms with Gasteiger partial charge in [-0.25, -0.2) is 6.57 Å². The molecule has 1 saturated carbocycles. The molecule has 1 aliphatic carbocycles. The third-order valence-corrected chi connectivity index (χ3v) is 6.91. The van der Waals surface area contributed by atoms with Gasteiger partial charge in [0.2, 0.25) is 17.7 Å². The van der Waals surface area contributed by atoms with E-state index in [2.05, 4.69) is 15.5 Å². The zero-order chi connectivity index (χ0) is 21.5. The molecule has 7 heteroatoms. The van der Waals surface area contributed by atoms with Gasteiger partial charge in [0.25, 0.3) is 0 Å². The Morgan fingerprint density at radius 1 is 1.23 bits per heavy atom. The van der Waals surface area contributed by atoms with Gasteiger partial charge in [0, 0.05) is 18.3 Å². The lowest BCUT2D eigenvalue weighted by atomic mass is 9.80. The highest BCUT2D eigenvalue weighted by molar-refractivity contribution is 6.09. The summed E-state index contributed by atoms with van der Waals surface area (Å²) in [5.41, 5.74) is -0.684. The molecule has 158 valence electrons. The Labute approximate surface area is 177 Å². The minimum atomic E-state index is -1.31. The van der Waals surface area contributed by atoms with Crippen molar-refractivity contribution in [2.24, 2.45) is 5.41 Å². The maximum atomic E-state index is 13.5. The van der Waals surface area contributed by atoms with Gasteiger partial charge < -0.3 is 10.6 Å². The lowest BCUT2D eigenvalue weighted by Crippen LogP contribution is -2.53. The molecule has 0 unspecified atom stereocenters. The maximum absolute atomic E-state index is 13.5. The van der Waals surface area contributed by atoms with Crippen LogP contribution in [0.5, 0.6) is 0 Å². The first-order valence-corrected chi connectivity index (χ1v) is 10.7. The van der Waals surface area contributed by atoms with Gasteiger partial charge in [-0.1, -0.05) is 37.5 Å². The normalized spacial score (nSPS) is 26.2. The zero-order valence-corrected chi connectivity index (χ0v) is 17.5. The third kappa shape index (κ3) is 3.15. The summed E-state index contributed by atoms with van der Waals surface area (Å²) in [6.07, 6.45) is 4.70. The molecule has 2 fully saturated rings. The molecule has 1 aromatic carbocycles. The van der Waals surface area contributed by atoms with Crippen LogP contribution in [0.2, 0.25) is 0 Å². The fourth-order valence-electron chi connectivity index (χ4n) is 5.01. The van der Waals surface area contributed by atoms with E-state index < -0.39 is 22.9 Å². The molecule has 4 rings (SSSR count). The molecule has 0 aromatic heterocycles. The van der Waals surface area contributed by atoms with Crippen molar-refractivity contribution in [2.45, 2.75) is 70.0 Å². The number of para-hydroxylation sites is 1. The van der Waals surface area contributed by atoms with Crippen molar-refractivity contribution < 1.29 is 14.4 Å². The monoisotopic (exact) mass is 408 g/mol. The first kappa shape index (κ1) is 20.4. The van der Waals surface area contributed by atoms with E-state index in [1.165, 1.54) is 11.3 Å². The van der Waals surface area contributed by atoms with Gasteiger partial charge in [-0.3, -0.25) is 24.1 Å². The summed E-state index contributed by atoms with van der Waals surface area (Å²) in [6.45, 7) is 11.0. The molecule has 3 aliphatic rings. The van der Waals surface area contributed by atoms with E-state index in [9.17, 15) is 14.4 Å². The number of amides is 3. The summed E-state index contributed by atoms with van der Waals surface area (Å²) in [7, 11) is 0. The van der Waals surface area contributed by atoms with Gasteiger partial charge in [0.1, 0.15) is 10.8 Å². The summed E-state index contributed by atoms with van der Waals surface area (Å²) in [6, 6.07) is 7.53. The summed E-state index contributed by atoms with van der Waals surface area (Å²) in [5.74, 6) is -0.886. The van der Waals surface area contributed by atoms with Crippen LogP contribution in [0.3, 0.4) is 0 Å². The molecule has 1 aromatic rings. The van der Waals surface area contributed by atoms with Gasteiger partial charge in [-0.05, 0) is 38.3 Å². The molecule has 2 aliphatic heterocycles. The second kappa shape index (κ2) is 7.42. The number of hydrogen-bond acceptors (Lipinski definition) is 3. The number of hydrogen-bond donors (Lipinski definition) is 2. The van der Waals surface area contributed by atoms with Crippen LogP contribution in [0.15, 0.2) is 24.3 Å². The number of likely N-dealkylation sites (tertiary alicyclic amines) is 1. The zero-order valence-electron chi connectivity index (χ0n) is 17.5. The average Bonchev–Trinajstić information content (AvgIpc) is 3.27. The molecule has 1 spiro atoms. The second-order valence-corrected chi connectivity index (χ2v) is 9.26. The molecule has 2 N–H and O–H groups in total. The molecule has 30 heavy (non-hydrogen) atoms. The standard InChI is InChI=1S/C23H28N4O3/c1-22(2,19(28)25-15-9-5-4-6-10-15)21(30)27-14-23(13-18(27)24-3)16-11-7-8-12-17(16)26-20(23)29/h7-8,11-12,15,18H,4-6,9-10,13-14H2,1-2H3,(H,25,28)(H,26,29)/t18-,23-/m0/s1.